The van der Waals surface area contributed by atoms with Gasteiger partial charge in [0.1, 0.15) is 10.9 Å². The molecule has 2 heterocycles. The topological polar surface area (TPSA) is 27.0 Å². The number of piperidine rings is 1. The number of halogens is 1. The third-order valence-electron chi connectivity index (χ3n) is 3.22. The van der Waals surface area contributed by atoms with Crippen LogP contribution in [0.4, 0.5) is 5.00 Å². The third kappa shape index (κ3) is 2.64. The molecule has 0 radical (unpaired) electrons. The second-order valence-corrected chi connectivity index (χ2v) is 6.74. The van der Waals surface area contributed by atoms with E-state index in [-0.39, 0.29) is 5.37 Å². The summed E-state index contributed by atoms with van der Waals surface area (Å²) >= 11 is 9.69. The van der Waals surface area contributed by atoms with Crippen molar-refractivity contribution in [2.45, 2.75) is 44.0 Å². The van der Waals surface area contributed by atoms with Crippen LogP contribution < -0.4 is 4.90 Å². The van der Waals surface area contributed by atoms with Gasteiger partial charge < -0.3 is 4.90 Å². The Morgan fingerprint density at radius 1 is 1.65 bits per heavy atom. The van der Waals surface area contributed by atoms with Gasteiger partial charge in [-0.05, 0) is 47.7 Å². The fourth-order valence-electron chi connectivity index (χ4n) is 2.35. The monoisotopic (exact) mass is 330 g/mol. The van der Waals surface area contributed by atoms with Gasteiger partial charge in [0.25, 0.3) is 0 Å². The van der Waals surface area contributed by atoms with Crippen LogP contribution in [0.25, 0.3) is 0 Å². The van der Waals surface area contributed by atoms with Crippen molar-refractivity contribution < 1.29 is 0 Å². The van der Waals surface area contributed by atoms with Crippen LogP contribution >= 0.6 is 39.9 Å². The molecule has 1 saturated heterocycles. The molecule has 0 saturated carbocycles. The standard InChI is InChI=1S/C12H15BrN2S2/c1-2-8-4-3-5-11(16)15(8)12-6-9(13)10(7-14)17-12/h6,8,11,16H,2-5H2,1H3. The first kappa shape index (κ1) is 13.3. The van der Waals surface area contributed by atoms with Crippen molar-refractivity contribution in [3.05, 3.63) is 15.4 Å². The van der Waals surface area contributed by atoms with Gasteiger partial charge in [-0.1, -0.05) is 6.92 Å². The second kappa shape index (κ2) is 5.64. The molecule has 0 bridgehead atoms. The second-order valence-electron chi connectivity index (χ2n) is 4.25. The molecular weight excluding hydrogens is 316 g/mol. The molecule has 0 N–H and O–H groups in total. The summed E-state index contributed by atoms with van der Waals surface area (Å²) in [6.45, 7) is 2.22. The number of thiophene rings is 1. The Hall–Kier alpha value is -0.180. The molecule has 17 heavy (non-hydrogen) atoms. The van der Waals surface area contributed by atoms with Gasteiger partial charge in [-0.15, -0.1) is 11.3 Å². The first-order valence-corrected chi connectivity index (χ1v) is 7.95. The van der Waals surface area contributed by atoms with Crippen molar-refractivity contribution in [3.8, 4) is 6.07 Å². The molecular formula is C12H15BrN2S2. The lowest BCUT2D eigenvalue weighted by molar-refractivity contribution is 0.435. The summed E-state index contributed by atoms with van der Waals surface area (Å²) in [6, 6.07) is 4.84. The van der Waals surface area contributed by atoms with Gasteiger partial charge in [-0.25, -0.2) is 0 Å². The Balaban J connectivity index is 2.31. The predicted molar refractivity (Wildman–Crippen MR) is 79.9 cm³/mol. The zero-order valence-electron chi connectivity index (χ0n) is 9.69. The van der Waals surface area contributed by atoms with E-state index in [0.29, 0.717) is 6.04 Å². The fraction of sp³-hybridized carbons (Fsp3) is 0.583. The fourth-order valence-corrected chi connectivity index (χ4v) is 4.59. The predicted octanol–water partition coefficient (Wildman–Crippen LogP) is 4.41. The van der Waals surface area contributed by atoms with E-state index >= 15 is 0 Å². The number of nitriles is 1. The molecule has 2 nitrogen and oxygen atoms in total. The highest BCUT2D eigenvalue weighted by Gasteiger charge is 2.29. The summed E-state index contributed by atoms with van der Waals surface area (Å²) in [7, 11) is 0. The molecule has 0 spiro atoms. The van der Waals surface area contributed by atoms with Crippen LogP contribution in [0, 0.1) is 11.3 Å². The Bertz CT molecular complexity index is 438. The highest BCUT2D eigenvalue weighted by atomic mass is 79.9. The number of nitrogens with zero attached hydrogens (tertiary/aromatic N) is 2. The van der Waals surface area contributed by atoms with Gasteiger partial charge in [-0.2, -0.15) is 17.9 Å². The van der Waals surface area contributed by atoms with Crippen LogP contribution in [-0.2, 0) is 0 Å². The summed E-state index contributed by atoms with van der Waals surface area (Å²) in [4.78, 5) is 3.13. The lowest BCUT2D eigenvalue weighted by Gasteiger charge is -2.40. The molecule has 5 heteroatoms. The Morgan fingerprint density at radius 3 is 3.00 bits per heavy atom. The van der Waals surface area contributed by atoms with Crippen LogP contribution in [0.5, 0.6) is 0 Å². The van der Waals surface area contributed by atoms with E-state index in [9.17, 15) is 0 Å². The maximum absolute atomic E-state index is 9.01. The highest BCUT2D eigenvalue weighted by Crippen LogP contribution is 2.39. The number of hydrogen-bond donors (Lipinski definition) is 1. The summed E-state index contributed by atoms with van der Waals surface area (Å²) in [6.07, 6.45) is 4.73. The van der Waals surface area contributed by atoms with Gasteiger partial charge in [0.15, 0.2) is 0 Å². The average molecular weight is 331 g/mol. The van der Waals surface area contributed by atoms with Crippen molar-refractivity contribution >= 4 is 44.9 Å². The van der Waals surface area contributed by atoms with Gasteiger partial charge in [0.05, 0.1) is 10.4 Å². The lowest BCUT2D eigenvalue weighted by Crippen LogP contribution is -2.43. The maximum atomic E-state index is 9.01. The average Bonchev–Trinajstić information content (AvgIpc) is 2.69. The van der Waals surface area contributed by atoms with Crippen LogP contribution in [0.2, 0.25) is 0 Å². The molecule has 2 rings (SSSR count). The molecule has 0 aliphatic carbocycles. The van der Waals surface area contributed by atoms with E-state index in [4.69, 9.17) is 5.26 Å². The zero-order chi connectivity index (χ0) is 12.4. The van der Waals surface area contributed by atoms with Crippen LogP contribution in [0.3, 0.4) is 0 Å². The molecule has 1 aliphatic heterocycles. The van der Waals surface area contributed by atoms with Crippen LogP contribution in [0.1, 0.15) is 37.5 Å². The minimum Gasteiger partial charge on any atom is -0.349 e. The minimum atomic E-state index is 0.283. The van der Waals surface area contributed by atoms with E-state index < -0.39 is 0 Å². The quantitative estimate of drug-likeness (QED) is 0.813. The number of thiol groups is 1. The van der Waals surface area contributed by atoms with Gasteiger partial charge in [-0.3, -0.25) is 0 Å². The third-order valence-corrected chi connectivity index (χ3v) is 5.66. The normalized spacial score (nSPS) is 24.7. The summed E-state index contributed by atoms with van der Waals surface area (Å²) < 4.78 is 0.904. The lowest BCUT2D eigenvalue weighted by atomic mass is 10.0. The molecule has 0 aromatic carbocycles. The van der Waals surface area contributed by atoms with Gasteiger partial charge in [0, 0.05) is 10.5 Å². The zero-order valence-corrected chi connectivity index (χ0v) is 13.0. The molecule has 92 valence electrons. The van der Waals surface area contributed by atoms with Crippen LogP contribution in [0.15, 0.2) is 10.5 Å². The van der Waals surface area contributed by atoms with Crippen molar-refractivity contribution in [1.82, 2.24) is 0 Å². The van der Waals surface area contributed by atoms with E-state index in [1.807, 2.05) is 0 Å². The molecule has 1 aromatic heterocycles. The molecule has 0 amide bonds. The number of hydrogen-bond acceptors (Lipinski definition) is 4. The minimum absolute atomic E-state index is 0.283. The smallest absolute Gasteiger partial charge is 0.121 e. The molecule has 2 atom stereocenters. The van der Waals surface area contributed by atoms with E-state index in [1.165, 1.54) is 17.8 Å². The molecule has 2 unspecified atom stereocenters. The Kier molecular flexibility index (Phi) is 4.40. The summed E-state index contributed by atoms with van der Waals surface area (Å²) in [5.74, 6) is 0. The SMILES string of the molecule is CCC1CCCC(S)N1c1cc(Br)c(C#N)s1. The summed E-state index contributed by atoms with van der Waals surface area (Å²) in [5.41, 5.74) is 0. The van der Waals surface area contributed by atoms with Crippen molar-refractivity contribution in [1.29, 1.82) is 5.26 Å². The highest BCUT2D eigenvalue weighted by molar-refractivity contribution is 9.10. The van der Waals surface area contributed by atoms with Gasteiger partial charge in [0.2, 0.25) is 0 Å². The summed E-state index contributed by atoms with van der Waals surface area (Å²) in [5, 5.41) is 10.5. The number of anilines is 1. The molecule has 1 fully saturated rings. The van der Waals surface area contributed by atoms with Crippen molar-refractivity contribution in [2.75, 3.05) is 4.90 Å². The molecule has 1 aliphatic rings. The van der Waals surface area contributed by atoms with Crippen molar-refractivity contribution in [3.63, 3.8) is 0 Å². The first-order chi connectivity index (χ1) is 8.17. The molecule has 1 aromatic rings. The van der Waals surface area contributed by atoms with Crippen molar-refractivity contribution in [2.24, 2.45) is 0 Å². The largest absolute Gasteiger partial charge is 0.349 e. The van der Waals surface area contributed by atoms with Crippen LogP contribution in [-0.4, -0.2) is 11.4 Å². The maximum Gasteiger partial charge on any atom is 0.121 e. The Labute approximate surface area is 120 Å². The van der Waals surface area contributed by atoms with E-state index in [1.54, 1.807) is 11.3 Å². The van der Waals surface area contributed by atoms with E-state index in [2.05, 4.69) is 52.5 Å². The number of rotatable bonds is 2. The Morgan fingerprint density at radius 2 is 2.41 bits per heavy atom. The first-order valence-electron chi connectivity index (χ1n) is 5.83. The van der Waals surface area contributed by atoms with E-state index in [0.717, 1.165) is 22.2 Å². The van der Waals surface area contributed by atoms with Gasteiger partial charge >= 0.3 is 0 Å².